The first-order chi connectivity index (χ1) is 11.2. The highest BCUT2D eigenvalue weighted by Crippen LogP contribution is 2.11. The molecule has 0 unspecified atom stereocenters. The van der Waals surface area contributed by atoms with E-state index < -0.39 is 11.6 Å². The van der Waals surface area contributed by atoms with E-state index in [2.05, 4.69) is 15.6 Å². The third kappa shape index (κ3) is 6.46. The predicted molar refractivity (Wildman–Crippen MR) is 102 cm³/mol. The average Bonchev–Trinajstić information content (AvgIpc) is 3.05. The van der Waals surface area contributed by atoms with Gasteiger partial charge in [0.1, 0.15) is 5.76 Å². The average molecular weight is 449 g/mol. The topological polar surface area (TPSA) is 49.6 Å². The number of benzene rings is 1. The van der Waals surface area contributed by atoms with Crippen LogP contribution in [0.4, 0.5) is 8.78 Å². The fraction of sp³-hybridized carbons (Fsp3) is 0.353. The highest BCUT2D eigenvalue weighted by Gasteiger charge is 2.07. The summed E-state index contributed by atoms with van der Waals surface area (Å²) in [5, 5.41) is 6.23. The van der Waals surface area contributed by atoms with Crippen molar-refractivity contribution in [2.24, 2.45) is 4.99 Å². The van der Waals surface area contributed by atoms with Crippen LogP contribution in [-0.2, 0) is 12.8 Å². The van der Waals surface area contributed by atoms with Gasteiger partial charge in [-0.3, -0.25) is 4.99 Å². The third-order valence-electron chi connectivity index (χ3n) is 3.27. The first-order valence-electron chi connectivity index (χ1n) is 7.68. The van der Waals surface area contributed by atoms with Crippen LogP contribution in [0.3, 0.4) is 0 Å². The number of nitrogens with zero attached hydrogens (tertiary/aromatic N) is 1. The molecule has 0 amide bonds. The van der Waals surface area contributed by atoms with Gasteiger partial charge >= 0.3 is 0 Å². The minimum atomic E-state index is -0.818. The molecule has 0 aliphatic rings. The summed E-state index contributed by atoms with van der Waals surface area (Å²) in [4.78, 5) is 4.43. The molecule has 2 rings (SSSR count). The number of furan rings is 1. The highest BCUT2D eigenvalue weighted by molar-refractivity contribution is 14.0. The van der Waals surface area contributed by atoms with Crippen LogP contribution >= 0.6 is 24.0 Å². The summed E-state index contributed by atoms with van der Waals surface area (Å²) in [5.41, 5.74) is 0.351. The number of hydrogen-bond acceptors (Lipinski definition) is 2. The molecule has 0 aliphatic carbocycles. The Labute approximate surface area is 157 Å². The van der Waals surface area contributed by atoms with Crippen molar-refractivity contribution in [3.8, 4) is 0 Å². The minimum Gasteiger partial charge on any atom is -0.469 e. The lowest BCUT2D eigenvalue weighted by Gasteiger charge is -2.11. The van der Waals surface area contributed by atoms with Crippen LogP contribution in [0.5, 0.6) is 0 Å². The van der Waals surface area contributed by atoms with Crippen LogP contribution < -0.4 is 10.6 Å². The monoisotopic (exact) mass is 449 g/mol. The van der Waals surface area contributed by atoms with Crippen molar-refractivity contribution in [2.75, 3.05) is 19.6 Å². The second-order valence-corrected chi connectivity index (χ2v) is 4.98. The summed E-state index contributed by atoms with van der Waals surface area (Å²) in [6.45, 7) is 3.74. The maximum atomic E-state index is 13.6. The summed E-state index contributed by atoms with van der Waals surface area (Å²) in [7, 11) is 0. The highest BCUT2D eigenvalue weighted by atomic mass is 127. The molecule has 0 fully saturated rings. The Morgan fingerprint density at radius 3 is 2.67 bits per heavy atom. The van der Waals surface area contributed by atoms with Crippen molar-refractivity contribution in [2.45, 2.75) is 19.8 Å². The number of halogens is 3. The van der Waals surface area contributed by atoms with Crippen molar-refractivity contribution in [1.82, 2.24) is 10.6 Å². The number of aliphatic imine (C=N–C) groups is 1. The number of hydrogen-bond donors (Lipinski definition) is 2. The normalized spacial score (nSPS) is 11.0. The van der Waals surface area contributed by atoms with Crippen LogP contribution in [-0.4, -0.2) is 25.6 Å². The van der Waals surface area contributed by atoms with Gasteiger partial charge in [0, 0.05) is 26.1 Å². The summed E-state index contributed by atoms with van der Waals surface area (Å²) >= 11 is 0. The van der Waals surface area contributed by atoms with Crippen molar-refractivity contribution in [3.63, 3.8) is 0 Å². The summed E-state index contributed by atoms with van der Waals surface area (Å²) in [6.07, 6.45) is 2.73. The molecule has 132 valence electrons. The van der Waals surface area contributed by atoms with Crippen LogP contribution in [0.2, 0.25) is 0 Å². The zero-order valence-electron chi connectivity index (χ0n) is 13.5. The molecule has 24 heavy (non-hydrogen) atoms. The Hall–Kier alpha value is -1.64. The van der Waals surface area contributed by atoms with Crippen LogP contribution in [0, 0.1) is 11.6 Å². The molecule has 0 spiro atoms. The molecule has 0 aliphatic heterocycles. The van der Waals surface area contributed by atoms with Gasteiger partial charge in [-0.2, -0.15) is 0 Å². The molecule has 7 heteroatoms. The van der Waals surface area contributed by atoms with E-state index in [9.17, 15) is 8.78 Å². The van der Waals surface area contributed by atoms with Gasteiger partial charge in [0.25, 0.3) is 0 Å². The van der Waals surface area contributed by atoms with E-state index in [1.54, 1.807) is 12.3 Å². The minimum absolute atomic E-state index is 0. The summed E-state index contributed by atoms with van der Waals surface area (Å²) in [5.74, 6) is -0.0714. The lowest BCUT2D eigenvalue weighted by atomic mass is 10.1. The van der Waals surface area contributed by atoms with Gasteiger partial charge in [-0.15, -0.1) is 24.0 Å². The quantitative estimate of drug-likeness (QED) is 0.387. The molecule has 0 atom stereocenters. The Morgan fingerprint density at radius 2 is 1.96 bits per heavy atom. The fourth-order valence-electron chi connectivity index (χ4n) is 2.13. The smallest absolute Gasteiger partial charge is 0.191 e. The fourth-order valence-corrected chi connectivity index (χ4v) is 2.13. The SMILES string of the molecule is CCNC(=NCCc1ccco1)NCCc1cccc(F)c1F.I. The molecule has 2 aromatic rings. The van der Waals surface area contributed by atoms with E-state index in [0.717, 1.165) is 18.4 Å². The van der Waals surface area contributed by atoms with E-state index in [1.165, 1.54) is 6.07 Å². The van der Waals surface area contributed by atoms with E-state index >= 15 is 0 Å². The van der Waals surface area contributed by atoms with Gasteiger partial charge in [-0.05, 0) is 37.1 Å². The molecule has 0 radical (unpaired) electrons. The predicted octanol–water partition coefficient (Wildman–Crippen LogP) is 3.52. The molecule has 0 bridgehead atoms. The molecule has 1 aromatic heterocycles. The Morgan fingerprint density at radius 1 is 1.12 bits per heavy atom. The van der Waals surface area contributed by atoms with Crippen LogP contribution in [0.15, 0.2) is 46.0 Å². The van der Waals surface area contributed by atoms with Gasteiger partial charge < -0.3 is 15.1 Å². The second kappa shape index (κ2) is 11.0. The molecule has 0 saturated heterocycles. The first kappa shape index (κ1) is 20.4. The molecular formula is C17H22F2IN3O. The largest absolute Gasteiger partial charge is 0.469 e. The van der Waals surface area contributed by atoms with Crippen molar-refractivity contribution in [1.29, 1.82) is 0 Å². The molecule has 1 aromatic carbocycles. The standard InChI is InChI=1S/C17H21F2N3O.HI/c1-2-20-17(22-11-9-14-6-4-12-23-14)21-10-8-13-5-3-7-15(18)16(13)19;/h3-7,12H,2,8-11H2,1H3,(H2,20,21,22);1H. The Balaban J connectivity index is 0.00000288. The van der Waals surface area contributed by atoms with Gasteiger partial charge in [0.15, 0.2) is 17.6 Å². The summed E-state index contributed by atoms with van der Waals surface area (Å²) in [6, 6.07) is 7.96. The first-order valence-corrected chi connectivity index (χ1v) is 7.68. The van der Waals surface area contributed by atoms with E-state index in [-0.39, 0.29) is 24.0 Å². The van der Waals surface area contributed by atoms with Crippen molar-refractivity contribution in [3.05, 3.63) is 59.6 Å². The van der Waals surface area contributed by atoms with Crippen molar-refractivity contribution >= 4 is 29.9 Å². The Bertz CT molecular complexity index is 633. The third-order valence-corrected chi connectivity index (χ3v) is 3.27. The van der Waals surface area contributed by atoms with E-state index in [0.29, 0.717) is 37.5 Å². The number of rotatable bonds is 7. The van der Waals surface area contributed by atoms with Gasteiger partial charge in [-0.1, -0.05) is 12.1 Å². The van der Waals surface area contributed by atoms with Gasteiger partial charge in [-0.25, -0.2) is 8.78 Å². The zero-order valence-corrected chi connectivity index (χ0v) is 15.8. The maximum Gasteiger partial charge on any atom is 0.191 e. The molecule has 0 saturated carbocycles. The molecule has 1 heterocycles. The number of nitrogens with one attached hydrogen (secondary N) is 2. The van der Waals surface area contributed by atoms with Crippen LogP contribution in [0.25, 0.3) is 0 Å². The number of guanidine groups is 1. The van der Waals surface area contributed by atoms with Crippen molar-refractivity contribution < 1.29 is 13.2 Å². The lowest BCUT2D eigenvalue weighted by Crippen LogP contribution is -2.38. The molecular weight excluding hydrogens is 427 g/mol. The summed E-state index contributed by atoms with van der Waals surface area (Å²) < 4.78 is 32.0. The van der Waals surface area contributed by atoms with Crippen LogP contribution in [0.1, 0.15) is 18.2 Å². The maximum absolute atomic E-state index is 13.6. The second-order valence-electron chi connectivity index (χ2n) is 4.98. The van der Waals surface area contributed by atoms with Gasteiger partial charge in [0.05, 0.1) is 6.26 Å². The Kier molecular flexibility index (Phi) is 9.36. The molecule has 2 N–H and O–H groups in total. The zero-order chi connectivity index (χ0) is 16.5. The lowest BCUT2D eigenvalue weighted by molar-refractivity contribution is 0.498. The van der Waals surface area contributed by atoms with Gasteiger partial charge in [0.2, 0.25) is 0 Å². The van der Waals surface area contributed by atoms with E-state index in [1.807, 2.05) is 19.1 Å². The molecule has 4 nitrogen and oxygen atoms in total. The van der Waals surface area contributed by atoms with E-state index in [4.69, 9.17) is 4.42 Å².